The molecule has 3 rings (SSSR count). The number of hydrogen-bond acceptors (Lipinski definition) is 3. The number of carbonyl (C=O) groups excluding carboxylic acids is 1. The number of rotatable bonds is 1. The Morgan fingerprint density at radius 1 is 1.05 bits per heavy atom. The number of nitrogens with zero attached hydrogens (tertiary/aromatic N) is 2. The van der Waals surface area contributed by atoms with Gasteiger partial charge in [0.05, 0.1) is 5.60 Å². The Labute approximate surface area is 135 Å². The Bertz CT molecular complexity index is 521. The molecule has 5 nitrogen and oxygen atoms in total. The zero-order valence-electron chi connectivity index (χ0n) is 12.6. The number of nitrogens with one attached hydrogen (secondary N) is 1. The number of piperidine rings is 1. The number of urea groups is 1. The number of amides is 2. The van der Waals surface area contributed by atoms with Crippen LogP contribution < -0.4 is 5.32 Å². The molecule has 2 heterocycles. The second-order valence-electron chi connectivity index (χ2n) is 6.05. The minimum absolute atomic E-state index is 0.0969. The Kier molecular flexibility index (Phi) is 4.57. The summed E-state index contributed by atoms with van der Waals surface area (Å²) < 4.78 is 0. The zero-order valence-corrected chi connectivity index (χ0v) is 13.4. The highest BCUT2D eigenvalue weighted by Gasteiger charge is 2.36. The Balaban J connectivity index is 1.61. The van der Waals surface area contributed by atoms with E-state index in [1.54, 1.807) is 12.1 Å². The summed E-state index contributed by atoms with van der Waals surface area (Å²) in [6.07, 6.45) is 1.12. The lowest BCUT2D eigenvalue weighted by molar-refractivity contribution is -0.0200. The quantitative estimate of drug-likeness (QED) is 0.826. The molecule has 22 heavy (non-hydrogen) atoms. The summed E-state index contributed by atoms with van der Waals surface area (Å²) in [5.41, 5.74) is 0.0244. The van der Waals surface area contributed by atoms with E-state index in [4.69, 9.17) is 11.6 Å². The first kappa shape index (κ1) is 15.6. The minimum atomic E-state index is -0.856. The summed E-state index contributed by atoms with van der Waals surface area (Å²) in [6, 6.07) is 7.44. The van der Waals surface area contributed by atoms with Crippen molar-refractivity contribution in [2.75, 3.05) is 39.3 Å². The van der Waals surface area contributed by atoms with E-state index in [0.29, 0.717) is 31.0 Å². The third kappa shape index (κ3) is 3.21. The van der Waals surface area contributed by atoms with Gasteiger partial charge in [-0.15, -0.1) is 0 Å². The van der Waals surface area contributed by atoms with E-state index >= 15 is 0 Å². The Morgan fingerprint density at radius 2 is 1.59 bits per heavy atom. The molecule has 2 amide bonds. The van der Waals surface area contributed by atoms with E-state index < -0.39 is 5.60 Å². The first-order valence-electron chi connectivity index (χ1n) is 7.81. The number of carbonyl (C=O) groups is 1. The fourth-order valence-electron chi connectivity index (χ4n) is 3.17. The number of benzene rings is 1. The maximum absolute atomic E-state index is 12.5. The van der Waals surface area contributed by atoms with E-state index in [1.165, 1.54) is 0 Å². The third-order valence-electron chi connectivity index (χ3n) is 4.63. The van der Waals surface area contributed by atoms with Crippen molar-refractivity contribution in [3.8, 4) is 0 Å². The van der Waals surface area contributed by atoms with Gasteiger partial charge in [0.25, 0.3) is 0 Å². The Morgan fingerprint density at radius 3 is 2.18 bits per heavy atom. The van der Waals surface area contributed by atoms with E-state index in [9.17, 15) is 9.90 Å². The molecule has 0 saturated carbocycles. The van der Waals surface area contributed by atoms with Gasteiger partial charge in [-0.1, -0.05) is 23.7 Å². The summed E-state index contributed by atoms with van der Waals surface area (Å²) in [5, 5.41) is 14.8. The van der Waals surface area contributed by atoms with Gasteiger partial charge in [-0.2, -0.15) is 0 Å². The van der Waals surface area contributed by atoms with E-state index in [0.717, 1.165) is 31.7 Å². The number of likely N-dealkylation sites (tertiary alicyclic amines) is 1. The van der Waals surface area contributed by atoms with Crippen molar-refractivity contribution in [3.63, 3.8) is 0 Å². The van der Waals surface area contributed by atoms with Crippen LogP contribution in [0, 0.1) is 0 Å². The van der Waals surface area contributed by atoms with Gasteiger partial charge >= 0.3 is 6.03 Å². The van der Waals surface area contributed by atoms with Crippen molar-refractivity contribution in [2.45, 2.75) is 18.4 Å². The standard InChI is InChI=1S/C16H22ClN3O2/c17-14-3-1-13(2-4-14)16(22)5-9-19(10-6-16)15(21)20-11-7-18-8-12-20/h1-4,18,22H,5-12H2. The second kappa shape index (κ2) is 6.44. The van der Waals surface area contributed by atoms with Crippen molar-refractivity contribution in [1.82, 2.24) is 15.1 Å². The first-order chi connectivity index (χ1) is 10.6. The number of hydrogen-bond donors (Lipinski definition) is 2. The molecule has 0 atom stereocenters. The van der Waals surface area contributed by atoms with Gasteiger partial charge in [0.2, 0.25) is 0 Å². The van der Waals surface area contributed by atoms with Gasteiger partial charge in [0.15, 0.2) is 0 Å². The van der Waals surface area contributed by atoms with Gasteiger partial charge in [-0.3, -0.25) is 0 Å². The van der Waals surface area contributed by atoms with Crippen LogP contribution in [-0.2, 0) is 5.60 Å². The summed E-state index contributed by atoms with van der Waals surface area (Å²) in [5.74, 6) is 0. The largest absolute Gasteiger partial charge is 0.385 e. The molecule has 1 aromatic carbocycles. The number of halogens is 1. The van der Waals surface area contributed by atoms with Crippen LogP contribution >= 0.6 is 11.6 Å². The topological polar surface area (TPSA) is 55.8 Å². The SMILES string of the molecule is O=C(N1CCNCC1)N1CCC(O)(c2ccc(Cl)cc2)CC1. The zero-order chi connectivity index (χ0) is 15.6. The summed E-state index contributed by atoms with van der Waals surface area (Å²) in [4.78, 5) is 16.2. The molecule has 0 bridgehead atoms. The van der Waals surface area contributed by atoms with Crippen LogP contribution in [0.3, 0.4) is 0 Å². The molecule has 1 aromatic rings. The van der Waals surface area contributed by atoms with E-state index in [-0.39, 0.29) is 6.03 Å². The maximum atomic E-state index is 12.5. The molecule has 2 saturated heterocycles. The van der Waals surface area contributed by atoms with Crippen LogP contribution in [0.15, 0.2) is 24.3 Å². The smallest absolute Gasteiger partial charge is 0.320 e. The molecule has 2 fully saturated rings. The average Bonchev–Trinajstić information content (AvgIpc) is 2.56. The van der Waals surface area contributed by atoms with Crippen molar-refractivity contribution in [2.24, 2.45) is 0 Å². The molecule has 2 N–H and O–H groups in total. The molecular formula is C16H22ClN3O2. The summed E-state index contributed by atoms with van der Waals surface area (Å²) in [6.45, 7) is 4.40. The molecule has 0 radical (unpaired) electrons. The maximum Gasteiger partial charge on any atom is 0.320 e. The van der Waals surface area contributed by atoms with Gasteiger partial charge < -0.3 is 20.2 Å². The van der Waals surface area contributed by atoms with Gasteiger partial charge in [-0.25, -0.2) is 4.79 Å². The molecule has 2 aliphatic rings. The number of aliphatic hydroxyl groups is 1. The predicted octanol–water partition coefficient (Wildman–Crippen LogP) is 1.65. The highest BCUT2D eigenvalue weighted by molar-refractivity contribution is 6.30. The average molecular weight is 324 g/mol. The van der Waals surface area contributed by atoms with Crippen LogP contribution in [-0.4, -0.2) is 60.2 Å². The lowest BCUT2D eigenvalue weighted by Crippen LogP contribution is -2.54. The predicted molar refractivity (Wildman–Crippen MR) is 86.0 cm³/mol. The summed E-state index contributed by atoms with van der Waals surface area (Å²) in [7, 11) is 0. The van der Waals surface area contributed by atoms with Crippen molar-refractivity contribution in [1.29, 1.82) is 0 Å². The third-order valence-corrected chi connectivity index (χ3v) is 4.88. The van der Waals surface area contributed by atoms with E-state index in [1.807, 2.05) is 21.9 Å². The Hall–Kier alpha value is -1.30. The molecule has 0 aliphatic carbocycles. The van der Waals surface area contributed by atoms with Crippen molar-refractivity contribution >= 4 is 17.6 Å². The fourth-order valence-corrected chi connectivity index (χ4v) is 3.30. The molecule has 0 spiro atoms. The van der Waals surface area contributed by atoms with Crippen LogP contribution in [0.25, 0.3) is 0 Å². The van der Waals surface area contributed by atoms with Crippen LogP contribution in [0.5, 0.6) is 0 Å². The summed E-state index contributed by atoms with van der Waals surface area (Å²) >= 11 is 5.90. The van der Waals surface area contributed by atoms with Crippen LogP contribution in [0.1, 0.15) is 18.4 Å². The van der Waals surface area contributed by atoms with Gasteiger partial charge in [0, 0.05) is 44.3 Å². The van der Waals surface area contributed by atoms with Crippen LogP contribution in [0.4, 0.5) is 4.79 Å². The highest BCUT2D eigenvalue weighted by Crippen LogP contribution is 2.33. The molecule has 0 unspecified atom stereocenters. The monoisotopic (exact) mass is 323 g/mol. The molecule has 2 aliphatic heterocycles. The second-order valence-corrected chi connectivity index (χ2v) is 6.48. The normalized spacial score (nSPS) is 21.7. The fraction of sp³-hybridized carbons (Fsp3) is 0.562. The molecular weight excluding hydrogens is 302 g/mol. The lowest BCUT2D eigenvalue weighted by atomic mass is 9.84. The molecule has 6 heteroatoms. The van der Waals surface area contributed by atoms with Crippen LogP contribution in [0.2, 0.25) is 5.02 Å². The van der Waals surface area contributed by atoms with Crippen molar-refractivity contribution < 1.29 is 9.90 Å². The lowest BCUT2D eigenvalue weighted by Gasteiger charge is -2.41. The van der Waals surface area contributed by atoms with Gasteiger partial charge in [-0.05, 0) is 30.5 Å². The highest BCUT2D eigenvalue weighted by atomic mass is 35.5. The number of piperazine rings is 1. The van der Waals surface area contributed by atoms with Crippen molar-refractivity contribution in [3.05, 3.63) is 34.9 Å². The van der Waals surface area contributed by atoms with Gasteiger partial charge in [0.1, 0.15) is 0 Å². The molecule has 120 valence electrons. The molecule has 0 aromatic heterocycles. The minimum Gasteiger partial charge on any atom is -0.385 e. The first-order valence-corrected chi connectivity index (χ1v) is 8.19. The van der Waals surface area contributed by atoms with E-state index in [2.05, 4.69) is 5.32 Å².